The van der Waals surface area contributed by atoms with Crippen LogP contribution in [0.3, 0.4) is 0 Å². The van der Waals surface area contributed by atoms with Gasteiger partial charge in [0.25, 0.3) is 10.0 Å². The molecule has 2 rings (SSSR count). The summed E-state index contributed by atoms with van der Waals surface area (Å²) in [6.07, 6.45) is 0. The van der Waals surface area contributed by atoms with Gasteiger partial charge in [-0.15, -0.1) is 0 Å². The average molecular weight is 316 g/mol. The van der Waals surface area contributed by atoms with Crippen LogP contribution in [0.1, 0.15) is 0 Å². The molecule has 0 aromatic heterocycles. The zero-order chi connectivity index (χ0) is 14.8. The Morgan fingerprint density at radius 3 is 2.55 bits per heavy atom. The minimum atomic E-state index is -3.87. The first-order valence-electron chi connectivity index (χ1n) is 5.55. The number of hydrogen-bond acceptors (Lipinski definition) is 3. The molecule has 0 aliphatic rings. The molecule has 20 heavy (non-hydrogen) atoms. The molecule has 0 saturated carbocycles. The van der Waals surface area contributed by atoms with Crippen LogP contribution in [0.15, 0.2) is 47.4 Å². The Hall–Kier alpha value is -1.79. The minimum Gasteiger partial charge on any atom is -0.494 e. The Morgan fingerprint density at radius 2 is 1.90 bits per heavy atom. The summed E-state index contributed by atoms with van der Waals surface area (Å²) in [4.78, 5) is -0.115. The Balaban J connectivity index is 2.38. The molecule has 2 aromatic rings. The molecule has 4 nitrogen and oxygen atoms in total. The fraction of sp³-hybridized carbons (Fsp3) is 0.0769. The van der Waals surface area contributed by atoms with Crippen LogP contribution in [0.25, 0.3) is 0 Å². The molecular weight excluding hydrogens is 305 g/mol. The number of rotatable bonds is 4. The molecule has 0 unspecified atom stereocenters. The van der Waals surface area contributed by atoms with Gasteiger partial charge in [0.1, 0.15) is 0 Å². The fourth-order valence-corrected chi connectivity index (χ4v) is 2.89. The molecule has 0 aliphatic heterocycles. The van der Waals surface area contributed by atoms with E-state index in [4.69, 9.17) is 16.3 Å². The van der Waals surface area contributed by atoms with Gasteiger partial charge in [-0.25, -0.2) is 12.8 Å². The van der Waals surface area contributed by atoms with Crippen LogP contribution in [0.2, 0.25) is 5.02 Å². The quantitative estimate of drug-likeness (QED) is 0.942. The van der Waals surface area contributed by atoms with Gasteiger partial charge < -0.3 is 4.74 Å². The monoisotopic (exact) mass is 315 g/mol. The Bertz CT molecular complexity index is 734. The van der Waals surface area contributed by atoms with Crippen LogP contribution < -0.4 is 9.46 Å². The highest BCUT2D eigenvalue weighted by Crippen LogP contribution is 2.26. The second kappa shape index (κ2) is 5.68. The van der Waals surface area contributed by atoms with E-state index < -0.39 is 15.8 Å². The van der Waals surface area contributed by atoms with Gasteiger partial charge in [-0.2, -0.15) is 0 Å². The van der Waals surface area contributed by atoms with Crippen molar-refractivity contribution in [3.8, 4) is 5.75 Å². The Morgan fingerprint density at radius 1 is 1.20 bits per heavy atom. The van der Waals surface area contributed by atoms with E-state index in [0.717, 1.165) is 18.2 Å². The molecule has 0 amide bonds. The third-order valence-corrected chi connectivity index (χ3v) is 4.24. The Labute approximate surface area is 121 Å². The predicted octanol–water partition coefficient (Wildman–Crippen LogP) is 3.29. The lowest BCUT2D eigenvalue weighted by Gasteiger charge is -2.10. The normalized spacial score (nSPS) is 11.2. The van der Waals surface area contributed by atoms with Crippen LogP contribution in [-0.2, 0) is 10.0 Å². The SMILES string of the molecule is COc1cc(S(=O)(=O)Nc2ccccc2Cl)ccc1F. The lowest BCUT2D eigenvalue weighted by Crippen LogP contribution is -2.13. The summed E-state index contributed by atoms with van der Waals surface area (Å²) in [6, 6.07) is 9.70. The standard InChI is InChI=1S/C13H11ClFNO3S/c1-19-13-8-9(6-7-11(13)15)20(17,18)16-12-5-3-2-4-10(12)14/h2-8,16H,1H3. The first-order chi connectivity index (χ1) is 9.44. The zero-order valence-electron chi connectivity index (χ0n) is 10.4. The van der Waals surface area contributed by atoms with Gasteiger partial charge in [-0.3, -0.25) is 4.72 Å². The van der Waals surface area contributed by atoms with Gasteiger partial charge in [-0.05, 0) is 24.3 Å². The summed E-state index contributed by atoms with van der Waals surface area (Å²) in [5.41, 5.74) is 0.248. The summed E-state index contributed by atoms with van der Waals surface area (Å²) in [7, 11) is -2.61. The highest BCUT2D eigenvalue weighted by atomic mass is 35.5. The van der Waals surface area contributed by atoms with E-state index in [1.807, 2.05) is 0 Å². The topological polar surface area (TPSA) is 55.4 Å². The minimum absolute atomic E-state index is 0.115. The van der Waals surface area contributed by atoms with Crippen molar-refractivity contribution in [3.05, 3.63) is 53.3 Å². The maximum absolute atomic E-state index is 13.3. The van der Waals surface area contributed by atoms with Crippen molar-refractivity contribution in [3.63, 3.8) is 0 Å². The number of halogens is 2. The molecular formula is C13H11ClFNO3S. The molecule has 0 bridgehead atoms. The third kappa shape index (κ3) is 3.02. The molecule has 0 fully saturated rings. The van der Waals surface area contributed by atoms with E-state index >= 15 is 0 Å². The second-order valence-electron chi connectivity index (χ2n) is 3.88. The molecule has 1 N–H and O–H groups in total. The van der Waals surface area contributed by atoms with Crippen molar-refractivity contribution < 1.29 is 17.5 Å². The van der Waals surface area contributed by atoms with E-state index in [9.17, 15) is 12.8 Å². The van der Waals surface area contributed by atoms with Crippen molar-refractivity contribution in [1.82, 2.24) is 0 Å². The van der Waals surface area contributed by atoms with E-state index in [2.05, 4.69) is 4.72 Å². The van der Waals surface area contributed by atoms with E-state index in [0.29, 0.717) is 0 Å². The molecule has 0 spiro atoms. The largest absolute Gasteiger partial charge is 0.494 e. The Kier molecular flexibility index (Phi) is 4.15. The molecule has 0 aliphatic carbocycles. The van der Waals surface area contributed by atoms with Crippen molar-refractivity contribution in [2.45, 2.75) is 4.90 Å². The number of anilines is 1. The number of nitrogens with one attached hydrogen (secondary N) is 1. The van der Waals surface area contributed by atoms with Crippen LogP contribution in [-0.4, -0.2) is 15.5 Å². The summed E-state index contributed by atoms with van der Waals surface area (Å²) in [5, 5.41) is 0.269. The maximum atomic E-state index is 13.3. The van der Waals surface area contributed by atoms with Crippen molar-refractivity contribution >= 4 is 27.3 Å². The van der Waals surface area contributed by atoms with Crippen molar-refractivity contribution in [1.29, 1.82) is 0 Å². The molecule has 106 valence electrons. The van der Waals surface area contributed by atoms with Gasteiger partial charge in [0.15, 0.2) is 11.6 Å². The summed E-state index contributed by atoms with van der Waals surface area (Å²) in [6.45, 7) is 0. The van der Waals surface area contributed by atoms with Crippen LogP contribution >= 0.6 is 11.6 Å². The van der Waals surface area contributed by atoms with Gasteiger partial charge in [-0.1, -0.05) is 23.7 Å². The van der Waals surface area contributed by atoms with Crippen LogP contribution in [0.5, 0.6) is 5.75 Å². The molecule has 0 atom stereocenters. The number of hydrogen-bond donors (Lipinski definition) is 1. The first kappa shape index (κ1) is 14.6. The number of benzene rings is 2. The third-order valence-electron chi connectivity index (χ3n) is 2.55. The highest BCUT2D eigenvalue weighted by Gasteiger charge is 2.17. The molecule has 7 heteroatoms. The van der Waals surface area contributed by atoms with Crippen LogP contribution in [0.4, 0.5) is 10.1 Å². The zero-order valence-corrected chi connectivity index (χ0v) is 12.0. The lowest BCUT2D eigenvalue weighted by molar-refractivity contribution is 0.385. The fourth-order valence-electron chi connectivity index (χ4n) is 1.55. The number of methoxy groups -OCH3 is 1. The maximum Gasteiger partial charge on any atom is 0.262 e. The summed E-state index contributed by atoms with van der Waals surface area (Å²) >= 11 is 5.89. The first-order valence-corrected chi connectivity index (χ1v) is 7.41. The summed E-state index contributed by atoms with van der Waals surface area (Å²) < 4.78 is 44.8. The molecule has 0 saturated heterocycles. The van der Waals surface area contributed by atoms with E-state index in [1.54, 1.807) is 18.2 Å². The highest BCUT2D eigenvalue weighted by molar-refractivity contribution is 7.92. The van der Waals surface area contributed by atoms with Gasteiger partial charge >= 0.3 is 0 Å². The number of para-hydroxylation sites is 1. The lowest BCUT2D eigenvalue weighted by atomic mass is 10.3. The van der Waals surface area contributed by atoms with E-state index in [-0.39, 0.29) is 21.4 Å². The second-order valence-corrected chi connectivity index (χ2v) is 5.97. The molecule has 2 aromatic carbocycles. The smallest absolute Gasteiger partial charge is 0.262 e. The van der Waals surface area contributed by atoms with Crippen molar-refractivity contribution in [2.24, 2.45) is 0 Å². The number of ether oxygens (including phenoxy) is 1. The summed E-state index contributed by atoms with van der Waals surface area (Å²) in [5.74, 6) is -0.781. The van der Waals surface area contributed by atoms with Gasteiger partial charge in [0.05, 0.1) is 22.7 Å². The average Bonchev–Trinajstić information content (AvgIpc) is 2.41. The predicted molar refractivity (Wildman–Crippen MR) is 75.2 cm³/mol. The van der Waals surface area contributed by atoms with E-state index in [1.165, 1.54) is 13.2 Å². The van der Waals surface area contributed by atoms with Gasteiger partial charge in [0, 0.05) is 6.07 Å². The van der Waals surface area contributed by atoms with Crippen LogP contribution in [0, 0.1) is 5.82 Å². The van der Waals surface area contributed by atoms with Crippen molar-refractivity contribution in [2.75, 3.05) is 11.8 Å². The number of sulfonamides is 1. The van der Waals surface area contributed by atoms with Gasteiger partial charge in [0.2, 0.25) is 0 Å². The molecule has 0 heterocycles. The molecule has 0 radical (unpaired) electrons.